The first-order valence-corrected chi connectivity index (χ1v) is 11.2. The average molecular weight is 439 g/mol. The van der Waals surface area contributed by atoms with E-state index < -0.39 is 0 Å². The maximum atomic E-state index is 12.6. The SMILES string of the molecule is CCOc1ccc(CN(C)C(=O)CN2CCN(CC(=O)NCc3ccccc3)CC2)cc1. The smallest absolute Gasteiger partial charge is 0.236 e. The fraction of sp³-hybridized carbons (Fsp3) is 0.440. The summed E-state index contributed by atoms with van der Waals surface area (Å²) in [5.41, 5.74) is 2.18. The Morgan fingerprint density at radius 3 is 2.16 bits per heavy atom. The molecule has 0 spiro atoms. The van der Waals surface area contributed by atoms with Crippen LogP contribution < -0.4 is 10.1 Å². The van der Waals surface area contributed by atoms with Gasteiger partial charge in [0.15, 0.2) is 0 Å². The molecule has 1 saturated heterocycles. The highest BCUT2D eigenvalue weighted by Gasteiger charge is 2.21. The summed E-state index contributed by atoms with van der Waals surface area (Å²) in [5.74, 6) is 0.984. The van der Waals surface area contributed by atoms with E-state index in [0.717, 1.165) is 43.1 Å². The first-order valence-electron chi connectivity index (χ1n) is 11.2. The van der Waals surface area contributed by atoms with Crippen LogP contribution in [0, 0.1) is 0 Å². The molecule has 0 aliphatic carbocycles. The molecule has 0 bridgehead atoms. The van der Waals surface area contributed by atoms with Crippen LogP contribution in [0.3, 0.4) is 0 Å². The molecule has 0 saturated carbocycles. The van der Waals surface area contributed by atoms with E-state index in [1.54, 1.807) is 4.90 Å². The zero-order valence-electron chi connectivity index (χ0n) is 19.1. The van der Waals surface area contributed by atoms with Gasteiger partial charge in [0, 0.05) is 46.3 Å². The van der Waals surface area contributed by atoms with Crippen LogP contribution in [-0.2, 0) is 22.7 Å². The number of likely N-dealkylation sites (N-methyl/N-ethyl adjacent to an activating group) is 1. The number of piperazine rings is 1. The minimum absolute atomic E-state index is 0.0356. The molecule has 1 aliphatic rings. The van der Waals surface area contributed by atoms with Crippen molar-refractivity contribution < 1.29 is 14.3 Å². The van der Waals surface area contributed by atoms with Crippen molar-refractivity contribution >= 4 is 11.8 Å². The number of carbonyl (C=O) groups is 2. The first-order chi connectivity index (χ1) is 15.5. The second-order valence-corrected chi connectivity index (χ2v) is 8.14. The van der Waals surface area contributed by atoms with Gasteiger partial charge in [-0.25, -0.2) is 0 Å². The van der Waals surface area contributed by atoms with Gasteiger partial charge in [-0.05, 0) is 30.2 Å². The summed E-state index contributed by atoms with van der Waals surface area (Å²) >= 11 is 0. The predicted octanol–water partition coefficient (Wildman–Crippen LogP) is 1.98. The molecule has 2 amide bonds. The van der Waals surface area contributed by atoms with Crippen molar-refractivity contribution in [2.24, 2.45) is 0 Å². The van der Waals surface area contributed by atoms with Crippen LogP contribution in [0.2, 0.25) is 0 Å². The molecule has 1 heterocycles. The van der Waals surface area contributed by atoms with E-state index >= 15 is 0 Å². The maximum Gasteiger partial charge on any atom is 0.236 e. The molecule has 2 aromatic carbocycles. The van der Waals surface area contributed by atoms with Gasteiger partial charge in [0.1, 0.15) is 5.75 Å². The van der Waals surface area contributed by atoms with E-state index in [4.69, 9.17) is 4.74 Å². The van der Waals surface area contributed by atoms with Crippen molar-refractivity contribution in [2.45, 2.75) is 20.0 Å². The number of amides is 2. The topological polar surface area (TPSA) is 65.1 Å². The molecule has 1 fully saturated rings. The van der Waals surface area contributed by atoms with E-state index in [2.05, 4.69) is 15.1 Å². The second kappa shape index (κ2) is 12.2. The fourth-order valence-corrected chi connectivity index (χ4v) is 3.69. The number of benzene rings is 2. The van der Waals surface area contributed by atoms with E-state index in [9.17, 15) is 9.59 Å². The van der Waals surface area contributed by atoms with Gasteiger partial charge in [-0.15, -0.1) is 0 Å². The summed E-state index contributed by atoms with van der Waals surface area (Å²) in [6.45, 7) is 7.67. The third-order valence-corrected chi connectivity index (χ3v) is 5.60. The Morgan fingerprint density at radius 1 is 0.906 bits per heavy atom. The maximum absolute atomic E-state index is 12.6. The van der Waals surface area contributed by atoms with E-state index in [0.29, 0.717) is 32.8 Å². The van der Waals surface area contributed by atoms with Gasteiger partial charge >= 0.3 is 0 Å². The molecule has 0 radical (unpaired) electrons. The Kier molecular flexibility index (Phi) is 9.07. The third kappa shape index (κ3) is 7.66. The van der Waals surface area contributed by atoms with Gasteiger partial charge in [0.05, 0.1) is 19.7 Å². The largest absolute Gasteiger partial charge is 0.494 e. The second-order valence-electron chi connectivity index (χ2n) is 8.14. The van der Waals surface area contributed by atoms with Crippen LogP contribution in [0.25, 0.3) is 0 Å². The van der Waals surface area contributed by atoms with Crippen molar-refractivity contribution in [3.63, 3.8) is 0 Å². The normalized spacial score (nSPS) is 14.7. The Labute approximate surface area is 190 Å². The number of rotatable bonds is 10. The van der Waals surface area contributed by atoms with Crippen molar-refractivity contribution in [2.75, 3.05) is 52.9 Å². The summed E-state index contributed by atoms with van der Waals surface area (Å²) in [4.78, 5) is 30.9. The quantitative estimate of drug-likeness (QED) is 0.615. The van der Waals surface area contributed by atoms with Crippen LogP contribution in [0.1, 0.15) is 18.1 Å². The molecule has 2 aromatic rings. The molecule has 7 heteroatoms. The van der Waals surface area contributed by atoms with Crippen molar-refractivity contribution in [1.29, 1.82) is 0 Å². The standard InChI is InChI=1S/C25H34N4O3/c1-3-32-23-11-9-22(10-12-23)18-27(2)25(31)20-29-15-13-28(14-16-29)19-24(30)26-17-21-7-5-4-6-8-21/h4-12H,3,13-20H2,1-2H3,(H,26,30). The zero-order chi connectivity index (χ0) is 22.8. The summed E-state index contributed by atoms with van der Waals surface area (Å²) < 4.78 is 5.46. The third-order valence-electron chi connectivity index (χ3n) is 5.60. The highest BCUT2D eigenvalue weighted by molar-refractivity contribution is 5.78. The first kappa shape index (κ1) is 23.8. The zero-order valence-corrected chi connectivity index (χ0v) is 19.1. The molecular weight excluding hydrogens is 404 g/mol. The van der Waals surface area contributed by atoms with Gasteiger partial charge < -0.3 is 15.0 Å². The summed E-state index contributed by atoms with van der Waals surface area (Å²) in [6.07, 6.45) is 0. The molecule has 32 heavy (non-hydrogen) atoms. The Hall–Kier alpha value is -2.90. The molecule has 0 unspecified atom stereocenters. The average Bonchev–Trinajstić information content (AvgIpc) is 2.81. The molecule has 0 aromatic heterocycles. The van der Waals surface area contributed by atoms with E-state index in [-0.39, 0.29) is 11.8 Å². The lowest BCUT2D eigenvalue weighted by molar-refractivity contribution is -0.132. The van der Waals surface area contributed by atoms with Crippen LogP contribution in [0.4, 0.5) is 0 Å². The van der Waals surface area contributed by atoms with Crippen molar-refractivity contribution in [3.05, 3.63) is 65.7 Å². The van der Waals surface area contributed by atoms with Crippen LogP contribution >= 0.6 is 0 Å². The Bertz CT molecular complexity index is 849. The Balaban J connectivity index is 1.34. The van der Waals surface area contributed by atoms with Gasteiger partial charge in [0.2, 0.25) is 11.8 Å². The van der Waals surface area contributed by atoms with E-state index in [1.807, 2.05) is 68.6 Å². The summed E-state index contributed by atoms with van der Waals surface area (Å²) in [6, 6.07) is 17.8. The fourth-order valence-electron chi connectivity index (χ4n) is 3.69. The molecule has 0 atom stereocenters. The molecule has 3 rings (SSSR count). The number of carbonyl (C=O) groups excluding carboxylic acids is 2. The van der Waals surface area contributed by atoms with Gasteiger partial charge in [-0.3, -0.25) is 19.4 Å². The lowest BCUT2D eigenvalue weighted by Crippen LogP contribution is -2.51. The minimum atomic E-state index is 0.0356. The van der Waals surface area contributed by atoms with Gasteiger partial charge in [-0.1, -0.05) is 42.5 Å². The molecule has 7 nitrogen and oxygen atoms in total. The highest BCUT2D eigenvalue weighted by Crippen LogP contribution is 2.13. The molecular formula is C25H34N4O3. The monoisotopic (exact) mass is 438 g/mol. The van der Waals surface area contributed by atoms with Crippen LogP contribution in [0.15, 0.2) is 54.6 Å². The van der Waals surface area contributed by atoms with Crippen LogP contribution in [0.5, 0.6) is 5.75 Å². The predicted molar refractivity (Wildman–Crippen MR) is 125 cm³/mol. The minimum Gasteiger partial charge on any atom is -0.494 e. The lowest BCUT2D eigenvalue weighted by atomic mass is 10.2. The lowest BCUT2D eigenvalue weighted by Gasteiger charge is -2.34. The molecule has 172 valence electrons. The number of hydrogen-bond acceptors (Lipinski definition) is 5. The molecule has 1 N–H and O–H groups in total. The van der Waals surface area contributed by atoms with Crippen molar-refractivity contribution in [3.8, 4) is 5.75 Å². The van der Waals surface area contributed by atoms with E-state index in [1.165, 1.54) is 0 Å². The van der Waals surface area contributed by atoms with Gasteiger partial charge in [0.25, 0.3) is 0 Å². The highest BCUT2D eigenvalue weighted by atomic mass is 16.5. The summed E-state index contributed by atoms with van der Waals surface area (Å²) in [5, 5.41) is 2.98. The molecule has 1 aliphatic heterocycles. The van der Waals surface area contributed by atoms with Gasteiger partial charge in [-0.2, -0.15) is 0 Å². The number of nitrogens with one attached hydrogen (secondary N) is 1. The summed E-state index contributed by atoms with van der Waals surface area (Å²) in [7, 11) is 1.84. The van der Waals surface area contributed by atoms with Crippen molar-refractivity contribution in [1.82, 2.24) is 20.0 Å². The number of hydrogen-bond donors (Lipinski definition) is 1. The van der Waals surface area contributed by atoms with Crippen LogP contribution in [-0.4, -0.2) is 79.4 Å². The Morgan fingerprint density at radius 2 is 1.53 bits per heavy atom. The number of nitrogens with zero attached hydrogens (tertiary/aromatic N) is 3. The number of ether oxygens (including phenoxy) is 1.